The fourth-order valence-electron chi connectivity index (χ4n) is 4.12. The number of nitrogens with one attached hydrogen (secondary N) is 3. The molecule has 0 saturated heterocycles. The number of rotatable bonds is 1. The topological polar surface area (TPSA) is 56.5 Å². The summed E-state index contributed by atoms with van der Waals surface area (Å²) in [5, 5.41) is 7.19. The largest absolute Gasteiger partial charge is 0.367 e. The van der Waals surface area contributed by atoms with Crippen molar-refractivity contribution in [1.82, 2.24) is 15.0 Å². The van der Waals surface area contributed by atoms with Crippen molar-refractivity contribution >= 4 is 27.6 Å². The van der Waals surface area contributed by atoms with Crippen LogP contribution in [-0.2, 0) is 6.54 Å². The van der Waals surface area contributed by atoms with E-state index in [0.717, 1.165) is 23.7 Å². The van der Waals surface area contributed by atoms with Gasteiger partial charge >= 0.3 is 0 Å². The zero-order valence-electron chi connectivity index (χ0n) is 14.0. The Kier molecular flexibility index (Phi) is 2.63. The van der Waals surface area contributed by atoms with Gasteiger partial charge in [0.1, 0.15) is 11.5 Å². The van der Waals surface area contributed by atoms with Gasteiger partial charge in [0.25, 0.3) is 0 Å². The van der Waals surface area contributed by atoms with Crippen LogP contribution in [0.25, 0.3) is 44.2 Å². The molecule has 3 aromatic heterocycles. The van der Waals surface area contributed by atoms with Crippen LogP contribution < -0.4 is 5.32 Å². The zero-order valence-corrected chi connectivity index (χ0v) is 14.0. The van der Waals surface area contributed by atoms with Gasteiger partial charge in [-0.1, -0.05) is 54.6 Å². The molecule has 5 aromatic rings. The molecule has 124 valence electrons. The summed E-state index contributed by atoms with van der Waals surface area (Å²) in [4.78, 5) is 11.7. The van der Waals surface area contributed by atoms with E-state index in [4.69, 9.17) is 0 Å². The van der Waals surface area contributed by atoms with Crippen molar-refractivity contribution in [3.63, 3.8) is 0 Å². The third-order valence-corrected chi connectivity index (χ3v) is 5.30. The van der Waals surface area contributed by atoms with Gasteiger partial charge in [0, 0.05) is 46.4 Å². The van der Waals surface area contributed by atoms with Crippen LogP contribution in [0.1, 0.15) is 5.56 Å². The van der Waals surface area contributed by atoms with E-state index < -0.39 is 0 Å². The van der Waals surface area contributed by atoms with Crippen molar-refractivity contribution in [3.8, 4) is 22.4 Å². The maximum absolute atomic E-state index is 4.68. The van der Waals surface area contributed by atoms with E-state index >= 15 is 0 Å². The number of fused-ring (bicyclic) bond motifs is 7. The molecule has 4 heteroatoms. The van der Waals surface area contributed by atoms with Crippen LogP contribution in [-0.4, -0.2) is 15.0 Å². The van der Waals surface area contributed by atoms with E-state index in [1.807, 2.05) is 12.3 Å². The summed E-state index contributed by atoms with van der Waals surface area (Å²) in [6.07, 6.45) is 4.03. The first-order chi connectivity index (χ1) is 12.9. The molecule has 0 unspecified atom stereocenters. The summed E-state index contributed by atoms with van der Waals surface area (Å²) in [5.41, 5.74) is 7.00. The molecule has 2 aromatic carbocycles. The second-order valence-electron chi connectivity index (χ2n) is 6.72. The minimum Gasteiger partial charge on any atom is -0.367 e. The van der Waals surface area contributed by atoms with E-state index in [1.54, 1.807) is 0 Å². The molecule has 0 fully saturated rings. The maximum Gasteiger partial charge on any atom is 0.138 e. The van der Waals surface area contributed by atoms with Crippen LogP contribution in [0.3, 0.4) is 0 Å². The number of aromatic amines is 2. The first kappa shape index (κ1) is 13.7. The van der Waals surface area contributed by atoms with Gasteiger partial charge in [0.15, 0.2) is 0 Å². The molecular weight excluding hydrogens is 320 g/mol. The van der Waals surface area contributed by atoms with Crippen LogP contribution in [0.2, 0.25) is 0 Å². The van der Waals surface area contributed by atoms with E-state index in [0.29, 0.717) is 0 Å². The summed E-state index contributed by atoms with van der Waals surface area (Å²) >= 11 is 0. The van der Waals surface area contributed by atoms with Gasteiger partial charge < -0.3 is 15.3 Å². The van der Waals surface area contributed by atoms with E-state index in [2.05, 4.69) is 75.0 Å². The summed E-state index contributed by atoms with van der Waals surface area (Å²) in [6.45, 7) is 0.784. The molecule has 4 heterocycles. The van der Waals surface area contributed by atoms with Crippen LogP contribution in [0, 0.1) is 0 Å². The normalized spacial score (nSPS) is 12.8. The molecule has 26 heavy (non-hydrogen) atoms. The Morgan fingerprint density at radius 3 is 2.69 bits per heavy atom. The lowest BCUT2D eigenvalue weighted by Crippen LogP contribution is -2.07. The van der Waals surface area contributed by atoms with Crippen LogP contribution in [0.15, 0.2) is 67.0 Å². The summed E-state index contributed by atoms with van der Waals surface area (Å²) in [6, 6.07) is 18.9. The molecule has 0 amide bonds. The highest BCUT2D eigenvalue weighted by Crippen LogP contribution is 2.45. The minimum absolute atomic E-state index is 0.784. The lowest BCUT2D eigenvalue weighted by molar-refractivity contribution is 1.11. The monoisotopic (exact) mass is 336 g/mol. The number of hydrogen-bond acceptors (Lipinski definition) is 2. The Morgan fingerprint density at radius 1 is 0.923 bits per heavy atom. The lowest BCUT2D eigenvalue weighted by Gasteiger charge is -2.17. The predicted octanol–water partition coefficient (Wildman–Crippen LogP) is 5.30. The van der Waals surface area contributed by atoms with Crippen molar-refractivity contribution in [3.05, 3.63) is 72.6 Å². The Labute approximate surface area is 149 Å². The second kappa shape index (κ2) is 4.99. The van der Waals surface area contributed by atoms with E-state index in [1.165, 1.54) is 38.4 Å². The third kappa shape index (κ3) is 1.76. The number of anilines is 1. The average Bonchev–Trinajstić information content (AvgIpc) is 3.30. The van der Waals surface area contributed by atoms with Gasteiger partial charge in [0.2, 0.25) is 0 Å². The lowest BCUT2D eigenvalue weighted by atomic mass is 9.96. The molecule has 0 saturated carbocycles. The highest BCUT2D eigenvalue weighted by atomic mass is 15.0. The van der Waals surface area contributed by atoms with E-state index in [9.17, 15) is 0 Å². The van der Waals surface area contributed by atoms with Crippen molar-refractivity contribution in [2.75, 3.05) is 5.32 Å². The van der Waals surface area contributed by atoms with Crippen molar-refractivity contribution in [2.24, 2.45) is 0 Å². The van der Waals surface area contributed by atoms with Crippen LogP contribution >= 0.6 is 0 Å². The van der Waals surface area contributed by atoms with E-state index in [-0.39, 0.29) is 0 Å². The number of aromatic nitrogens is 3. The SMILES string of the molecule is c1ccc(-c2c[nH]c3c2-c2[nH]c4ncc5ccccc5c4c2CN3)cc1. The molecule has 1 aliphatic heterocycles. The highest BCUT2D eigenvalue weighted by molar-refractivity contribution is 6.10. The Morgan fingerprint density at radius 2 is 1.77 bits per heavy atom. The zero-order chi connectivity index (χ0) is 17.1. The standard InChI is InChI=1S/C22H16N4/c1-2-6-13(7-3-1)16-11-24-21-19(16)20-17(12-25-21)18-15-9-5-4-8-14(15)10-23-22(18)26-20/h1-11,24-25H,12H2,(H,23,26). The summed E-state index contributed by atoms with van der Waals surface area (Å²) in [5.74, 6) is 1.06. The Balaban J connectivity index is 1.69. The highest BCUT2D eigenvalue weighted by Gasteiger charge is 2.26. The molecule has 0 aliphatic carbocycles. The Hall–Kier alpha value is -3.53. The van der Waals surface area contributed by atoms with Gasteiger partial charge in [0.05, 0.1) is 5.69 Å². The quantitative estimate of drug-likeness (QED) is 0.389. The maximum atomic E-state index is 4.68. The first-order valence-corrected chi connectivity index (χ1v) is 8.79. The first-order valence-electron chi connectivity index (χ1n) is 8.79. The number of hydrogen-bond donors (Lipinski definition) is 3. The van der Waals surface area contributed by atoms with Gasteiger partial charge in [-0.25, -0.2) is 4.98 Å². The molecular formula is C22H16N4. The fraction of sp³-hybridized carbons (Fsp3) is 0.0455. The molecule has 3 N–H and O–H groups in total. The van der Waals surface area contributed by atoms with Gasteiger partial charge in [-0.15, -0.1) is 0 Å². The molecule has 0 atom stereocenters. The minimum atomic E-state index is 0.784. The molecule has 0 spiro atoms. The molecule has 0 bridgehead atoms. The number of pyridine rings is 1. The fourth-order valence-corrected chi connectivity index (χ4v) is 4.12. The molecule has 0 radical (unpaired) electrons. The van der Waals surface area contributed by atoms with Gasteiger partial charge in [-0.3, -0.25) is 0 Å². The third-order valence-electron chi connectivity index (χ3n) is 5.30. The summed E-state index contributed by atoms with van der Waals surface area (Å²) in [7, 11) is 0. The number of nitrogens with zero attached hydrogens (tertiary/aromatic N) is 1. The molecule has 6 rings (SSSR count). The second-order valence-corrected chi connectivity index (χ2v) is 6.72. The van der Waals surface area contributed by atoms with Crippen LogP contribution in [0.4, 0.5) is 5.82 Å². The number of benzene rings is 2. The average molecular weight is 336 g/mol. The Bertz CT molecular complexity index is 1280. The number of H-pyrrole nitrogens is 2. The van der Waals surface area contributed by atoms with Gasteiger partial charge in [-0.05, 0) is 10.9 Å². The predicted molar refractivity (Wildman–Crippen MR) is 106 cm³/mol. The molecule has 1 aliphatic rings. The van der Waals surface area contributed by atoms with Crippen molar-refractivity contribution < 1.29 is 0 Å². The molecule has 4 nitrogen and oxygen atoms in total. The van der Waals surface area contributed by atoms with Crippen LogP contribution in [0.5, 0.6) is 0 Å². The van der Waals surface area contributed by atoms with Gasteiger partial charge in [-0.2, -0.15) is 0 Å². The smallest absolute Gasteiger partial charge is 0.138 e. The van der Waals surface area contributed by atoms with Crippen molar-refractivity contribution in [2.45, 2.75) is 6.54 Å². The summed E-state index contributed by atoms with van der Waals surface area (Å²) < 4.78 is 0. The van der Waals surface area contributed by atoms with Crippen molar-refractivity contribution in [1.29, 1.82) is 0 Å².